The molecule has 324 valence electrons. The lowest BCUT2D eigenvalue weighted by Gasteiger charge is -2.43. The van der Waals surface area contributed by atoms with Gasteiger partial charge in [-0.2, -0.15) is 0 Å². The molecular formula is C44H47Cl3N4O10. The van der Waals surface area contributed by atoms with Crippen LogP contribution in [0.4, 0.5) is 9.59 Å². The summed E-state index contributed by atoms with van der Waals surface area (Å²) in [6, 6.07) is 20.2. The molecule has 2 aromatic heterocycles. The number of ketones is 2. The van der Waals surface area contributed by atoms with Gasteiger partial charge < -0.3 is 19.3 Å². The van der Waals surface area contributed by atoms with Crippen LogP contribution in [0.2, 0.25) is 10.0 Å². The minimum atomic E-state index is -1.21. The van der Waals surface area contributed by atoms with Crippen molar-refractivity contribution in [2.45, 2.75) is 76.3 Å². The molecule has 0 saturated heterocycles. The first-order chi connectivity index (χ1) is 29.1. The highest BCUT2D eigenvalue weighted by molar-refractivity contribution is 6.32. The van der Waals surface area contributed by atoms with E-state index < -0.39 is 42.0 Å². The van der Waals surface area contributed by atoms with Crippen molar-refractivity contribution in [1.82, 2.24) is 19.8 Å². The molecule has 4 aromatic rings. The molecule has 2 saturated carbocycles. The number of aromatic carboxylic acids is 1. The Balaban J connectivity index is 0.000000228. The van der Waals surface area contributed by atoms with Gasteiger partial charge >= 0.3 is 24.1 Å². The van der Waals surface area contributed by atoms with Crippen LogP contribution in [-0.4, -0.2) is 87.5 Å². The Morgan fingerprint density at radius 1 is 0.656 bits per heavy atom. The van der Waals surface area contributed by atoms with Gasteiger partial charge in [-0.1, -0.05) is 71.2 Å². The second-order valence-electron chi connectivity index (χ2n) is 14.1. The van der Waals surface area contributed by atoms with Gasteiger partial charge in [-0.25, -0.2) is 19.2 Å². The smallest absolute Gasteiger partial charge is 0.413 e. The van der Waals surface area contributed by atoms with Crippen LogP contribution in [0.1, 0.15) is 94.6 Å². The highest BCUT2D eigenvalue weighted by Crippen LogP contribution is 2.44. The number of amides is 2. The predicted molar refractivity (Wildman–Crippen MR) is 228 cm³/mol. The van der Waals surface area contributed by atoms with Crippen molar-refractivity contribution in [3.63, 3.8) is 0 Å². The van der Waals surface area contributed by atoms with Gasteiger partial charge in [0.2, 0.25) is 6.79 Å². The van der Waals surface area contributed by atoms with Crippen LogP contribution in [0, 0.1) is 13.8 Å². The van der Waals surface area contributed by atoms with Crippen LogP contribution < -0.4 is 0 Å². The average molecular weight is 898 g/mol. The Morgan fingerprint density at radius 2 is 1.10 bits per heavy atom. The number of ether oxygens (including phenoxy) is 3. The standard InChI is InChI=1S/C22H23ClN2O5.C15H17Cl2NO3.C7H7NO2/c1-15-16(8-7-13-24-15)20(27)29-14-30-21(28)25(2)22(12-6-5-11-19(22)26)17-9-3-4-10-18(17)23;1-18(14(20)21-10-16)15(9-5-4-8-13(15)19)11-6-2-3-7-12(11)17;1-5-6(7(9)10)3-2-4-8-5/h3-4,7-10,13H,5-6,11-12,14H2,1-2H3;2-3,6-7H,4-5,8-10H2,1H3;2-4H,1H3,(H,9,10)/t22-;15-;/m00./s1. The third kappa shape index (κ3) is 11.2. The second-order valence-corrected chi connectivity index (χ2v) is 15.1. The van der Waals surface area contributed by atoms with Gasteiger partial charge in [-0.3, -0.25) is 29.4 Å². The number of hydrogen-bond donors (Lipinski definition) is 1. The molecule has 0 spiro atoms. The third-order valence-electron chi connectivity index (χ3n) is 10.7. The van der Waals surface area contributed by atoms with Crippen molar-refractivity contribution in [3.8, 4) is 0 Å². The van der Waals surface area contributed by atoms with Crippen LogP contribution in [-0.2, 0) is 34.9 Å². The van der Waals surface area contributed by atoms with E-state index in [0.717, 1.165) is 25.7 Å². The Bertz CT molecular complexity index is 2230. The number of hydrogen-bond acceptors (Lipinski definition) is 11. The quantitative estimate of drug-likeness (QED) is 0.0956. The number of halogens is 3. The zero-order chi connectivity index (χ0) is 44.7. The van der Waals surface area contributed by atoms with Crippen LogP contribution in [0.3, 0.4) is 0 Å². The van der Waals surface area contributed by atoms with Gasteiger partial charge in [-0.05, 0) is 88.8 Å². The number of pyridine rings is 2. The highest BCUT2D eigenvalue weighted by Gasteiger charge is 2.50. The minimum absolute atomic E-state index is 0.0177. The van der Waals surface area contributed by atoms with Crippen molar-refractivity contribution in [1.29, 1.82) is 0 Å². The molecule has 2 aliphatic rings. The molecule has 0 aliphatic heterocycles. The Labute approximate surface area is 369 Å². The number of likely N-dealkylation sites (N-methyl/N-ethyl adjacent to an activating group) is 2. The number of carboxylic acids is 1. The first-order valence-electron chi connectivity index (χ1n) is 19.3. The number of esters is 1. The lowest BCUT2D eigenvalue weighted by molar-refractivity contribution is -0.134. The lowest BCUT2D eigenvalue weighted by Crippen LogP contribution is -2.54. The molecule has 17 heteroatoms. The average Bonchev–Trinajstić information content (AvgIpc) is 3.25. The van der Waals surface area contributed by atoms with Crippen molar-refractivity contribution in [2.24, 2.45) is 0 Å². The number of Topliss-reactive ketones (excluding diaryl/α,β-unsaturated/α-hetero) is 2. The molecule has 6 rings (SSSR count). The maximum absolute atomic E-state index is 13.0. The SMILES string of the molecule is CN(C(=O)OCCl)[C@]1(c2ccccc2Cl)CCCCC1=O.Cc1ncccc1C(=O)O.Cc1ncccc1C(=O)OCOC(=O)N(C)[C@]1(c2ccccc2Cl)CCCCC1=O. The van der Waals surface area contributed by atoms with Crippen LogP contribution in [0.15, 0.2) is 85.2 Å². The van der Waals surface area contributed by atoms with E-state index in [0.29, 0.717) is 58.2 Å². The van der Waals surface area contributed by atoms with Crippen molar-refractivity contribution < 1.29 is 48.1 Å². The van der Waals surface area contributed by atoms with Gasteiger partial charge in [0.15, 0.2) is 17.6 Å². The summed E-state index contributed by atoms with van der Waals surface area (Å²) in [5, 5.41) is 9.40. The Hall–Kier alpha value is -5.57. The van der Waals surface area contributed by atoms with Crippen LogP contribution in [0.25, 0.3) is 0 Å². The van der Waals surface area contributed by atoms with Crippen molar-refractivity contribution >= 4 is 70.5 Å². The molecule has 2 fully saturated rings. The predicted octanol–water partition coefficient (Wildman–Crippen LogP) is 9.30. The molecule has 2 amide bonds. The number of rotatable bonds is 9. The molecular weight excluding hydrogens is 851 g/mol. The Morgan fingerprint density at radius 3 is 1.49 bits per heavy atom. The summed E-state index contributed by atoms with van der Waals surface area (Å²) in [7, 11) is 3.06. The number of nitrogens with zero attached hydrogens (tertiary/aromatic N) is 4. The fraction of sp³-hybridized carbons (Fsp3) is 0.364. The molecule has 0 bridgehead atoms. The van der Waals surface area contributed by atoms with E-state index in [2.05, 4.69) is 9.97 Å². The summed E-state index contributed by atoms with van der Waals surface area (Å²) in [6.45, 7) is 2.77. The molecule has 14 nitrogen and oxygen atoms in total. The largest absolute Gasteiger partial charge is 0.478 e. The number of carbonyl (C=O) groups excluding carboxylic acids is 5. The van der Waals surface area contributed by atoms with E-state index in [9.17, 15) is 28.8 Å². The number of aromatic nitrogens is 2. The minimum Gasteiger partial charge on any atom is -0.478 e. The highest BCUT2D eigenvalue weighted by atomic mass is 35.5. The zero-order valence-corrected chi connectivity index (χ0v) is 36.5. The molecule has 2 aromatic carbocycles. The topological polar surface area (TPSA) is 183 Å². The molecule has 0 radical (unpaired) electrons. The zero-order valence-electron chi connectivity index (χ0n) is 34.2. The second kappa shape index (κ2) is 22.3. The van der Waals surface area contributed by atoms with E-state index in [1.807, 2.05) is 6.07 Å². The van der Waals surface area contributed by atoms with Gasteiger partial charge in [0.1, 0.15) is 11.1 Å². The monoisotopic (exact) mass is 896 g/mol. The fourth-order valence-electron chi connectivity index (χ4n) is 7.43. The number of alkyl halides is 1. The van der Waals surface area contributed by atoms with Gasteiger partial charge in [0, 0.05) is 60.5 Å². The molecule has 1 N–H and O–H groups in total. The summed E-state index contributed by atoms with van der Waals surface area (Å²) in [6.07, 6.45) is 6.67. The third-order valence-corrected chi connectivity index (χ3v) is 11.4. The molecule has 2 atom stereocenters. The summed E-state index contributed by atoms with van der Waals surface area (Å²) in [5.41, 5.74) is 0.548. The van der Waals surface area contributed by atoms with Gasteiger partial charge in [0.25, 0.3) is 0 Å². The van der Waals surface area contributed by atoms with E-state index >= 15 is 0 Å². The summed E-state index contributed by atoms with van der Waals surface area (Å²) in [5.74, 6) is -1.68. The number of carbonyl (C=O) groups is 6. The Kier molecular flexibility index (Phi) is 17.6. The summed E-state index contributed by atoms with van der Waals surface area (Å²) in [4.78, 5) is 83.5. The summed E-state index contributed by atoms with van der Waals surface area (Å²) >= 11 is 18.1. The normalized spacial score (nSPS) is 18.2. The van der Waals surface area contributed by atoms with Crippen LogP contribution >= 0.6 is 34.8 Å². The maximum atomic E-state index is 13.0. The molecule has 2 aliphatic carbocycles. The van der Waals surface area contributed by atoms with Crippen LogP contribution in [0.5, 0.6) is 0 Å². The molecule has 0 unspecified atom stereocenters. The lowest BCUT2D eigenvalue weighted by atomic mass is 9.74. The van der Waals surface area contributed by atoms with E-state index in [1.165, 1.54) is 22.9 Å². The van der Waals surface area contributed by atoms with Gasteiger partial charge in [-0.15, -0.1) is 0 Å². The fourth-order valence-corrected chi connectivity index (χ4v) is 8.11. The molecule has 2 heterocycles. The van der Waals surface area contributed by atoms with E-state index in [4.69, 9.17) is 54.1 Å². The first-order valence-corrected chi connectivity index (χ1v) is 20.6. The van der Waals surface area contributed by atoms with Gasteiger partial charge in [0.05, 0.1) is 22.5 Å². The first kappa shape index (κ1) is 48.1. The number of carboxylic acid groups (broad SMARTS) is 1. The van der Waals surface area contributed by atoms with Crippen molar-refractivity contribution in [2.75, 3.05) is 27.0 Å². The molecule has 61 heavy (non-hydrogen) atoms. The number of aryl methyl sites for hydroxylation is 2. The number of benzene rings is 2. The summed E-state index contributed by atoms with van der Waals surface area (Å²) < 4.78 is 15.0. The van der Waals surface area contributed by atoms with E-state index in [-0.39, 0.29) is 28.8 Å². The maximum Gasteiger partial charge on any atom is 0.413 e. The van der Waals surface area contributed by atoms with Crippen molar-refractivity contribution in [3.05, 3.63) is 129 Å². The van der Waals surface area contributed by atoms with E-state index in [1.54, 1.807) is 94.0 Å².